The van der Waals surface area contributed by atoms with Crippen LogP contribution in [0.3, 0.4) is 0 Å². The van der Waals surface area contributed by atoms with Gasteiger partial charge < -0.3 is 10.2 Å². The lowest BCUT2D eigenvalue weighted by Crippen LogP contribution is -2.54. The Morgan fingerprint density at radius 2 is 1.96 bits per heavy atom. The SMILES string of the molecule is CC(C1CC1)N(CC(F)(F)F)C(=O)CN1C(=O)NC2(CCCCC2C)C1=O. The van der Waals surface area contributed by atoms with Crippen molar-refractivity contribution in [2.75, 3.05) is 13.1 Å². The molecule has 6 nitrogen and oxygen atoms in total. The maximum absolute atomic E-state index is 13.0. The van der Waals surface area contributed by atoms with Gasteiger partial charge in [0.1, 0.15) is 18.6 Å². The first-order chi connectivity index (χ1) is 12.5. The Bertz CT molecular complexity index is 635. The van der Waals surface area contributed by atoms with E-state index in [1.165, 1.54) is 0 Å². The standard InChI is InChI=1S/C18H26F3N3O3/c1-11-5-3-4-8-17(11)15(26)23(16(27)22-17)9-14(25)24(10-18(19,20)21)12(2)13-6-7-13/h11-13H,3-10H2,1-2H3,(H,22,27). The van der Waals surface area contributed by atoms with Crippen LogP contribution in [0.15, 0.2) is 0 Å². The molecule has 0 aromatic heterocycles. The molecule has 3 aliphatic rings. The lowest BCUT2D eigenvalue weighted by molar-refractivity contribution is -0.166. The summed E-state index contributed by atoms with van der Waals surface area (Å²) < 4.78 is 38.9. The summed E-state index contributed by atoms with van der Waals surface area (Å²) in [4.78, 5) is 39.5. The van der Waals surface area contributed by atoms with Gasteiger partial charge >= 0.3 is 12.2 Å². The minimum atomic E-state index is -4.53. The van der Waals surface area contributed by atoms with Gasteiger partial charge in [0.25, 0.3) is 5.91 Å². The van der Waals surface area contributed by atoms with E-state index in [-0.39, 0.29) is 11.8 Å². The number of urea groups is 1. The number of hydrogen-bond acceptors (Lipinski definition) is 3. The Balaban J connectivity index is 1.74. The largest absolute Gasteiger partial charge is 0.406 e. The second-order valence-corrected chi connectivity index (χ2v) is 8.15. The molecule has 1 heterocycles. The van der Waals surface area contributed by atoms with E-state index in [4.69, 9.17) is 0 Å². The molecular formula is C18H26F3N3O3. The molecule has 1 spiro atoms. The molecule has 2 saturated carbocycles. The summed E-state index contributed by atoms with van der Waals surface area (Å²) in [5.74, 6) is -1.35. The first-order valence-corrected chi connectivity index (χ1v) is 9.55. The number of carbonyl (C=O) groups is 3. The van der Waals surface area contributed by atoms with E-state index < -0.39 is 48.7 Å². The van der Waals surface area contributed by atoms with E-state index in [9.17, 15) is 27.6 Å². The van der Waals surface area contributed by atoms with Gasteiger partial charge in [0, 0.05) is 6.04 Å². The van der Waals surface area contributed by atoms with Gasteiger partial charge in [-0.15, -0.1) is 0 Å². The van der Waals surface area contributed by atoms with Crippen molar-refractivity contribution >= 4 is 17.8 Å². The van der Waals surface area contributed by atoms with Gasteiger partial charge in [-0.05, 0) is 44.4 Å². The molecule has 2 aliphatic carbocycles. The van der Waals surface area contributed by atoms with Crippen LogP contribution in [0, 0.1) is 11.8 Å². The quantitative estimate of drug-likeness (QED) is 0.735. The number of nitrogens with zero attached hydrogens (tertiary/aromatic N) is 2. The summed E-state index contributed by atoms with van der Waals surface area (Å²) in [6, 6.07) is -1.25. The molecule has 1 N–H and O–H groups in total. The number of alkyl halides is 3. The third-order valence-electron chi connectivity index (χ3n) is 6.26. The van der Waals surface area contributed by atoms with Crippen molar-refractivity contribution in [3.8, 4) is 0 Å². The van der Waals surface area contributed by atoms with Crippen LogP contribution in [0.4, 0.5) is 18.0 Å². The van der Waals surface area contributed by atoms with Crippen LogP contribution in [0.5, 0.6) is 0 Å². The van der Waals surface area contributed by atoms with Crippen molar-refractivity contribution in [2.24, 2.45) is 11.8 Å². The average Bonchev–Trinajstić information content (AvgIpc) is 3.39. The smallest absolute Gasteiger partial charge is 0.329 e. The van der Waals surface area contributed by atoms with Crippen molar-refractivity contribution < 1.29 is 27.6 Å². The molecule has 0 bridgehead atoms. The molecular weight excluding hydrogens is 363 g/mol. The molecule has 3 rings (SSSR count). The topological polar surface area (TPSA) is 69.7 Å². The van der Waals surface area contributed by atoms with Gasteiger partial charge in [-0.25, -0.2) is 4.79 Å². The zero-order valence-electron chi connectivity index (χ0n) is 15.6. The fraction of sp³-hybridized carbons (Fsp3) is 0.833. The molecule has 1 aliphatic heterocycles. The summed E-state index contributed by atoms with van der Waals surface area (Å²) in [6.07, 6.45) is 0.0650. The van der Waals surface area contributed by atoms with Crippen LogP contribution < -0.4 is 5.32 Å². The minimum Gasteiger partial charge on any atom is -0.329 e. The van der Waals surface area contributed by atoms with Gasteiger partial charge in [0.05, 0.1) is 0 Å². The van der Waals surface area contributed by atoms with E-state index in [0.29, 0.717) is 6.42 Å². The monoisotopic (exact) mass is 389 g/mol. The van der Waals surface area contributed by atoms with Crippen LogP contribution in [0.25, 0.3) is 0 Å². The fourth-order valence-corrected chi connectivity index (χ4v) is 4.35. The second-order valence-electron chi connectivity index (χ2n) is 8.15. The van der Waals surface area contributed by atoms with E-state index in [0.717, 1.165) is 41.9 Å². The van der Waals surface area contributed by atoms with E-state index in [1.54, 1.807) is 6.92 Å². The molecule has 3 unspecified atom stereocenters. The van der Waals surface area contributed by atoms with Gasteiger partial charge in [-0.2, -0.15) is 13.2 Å². The number of carbonyl (C=O) groups excluding carboxylic acids is 3. The van der Waals surface area contributed by atoms with E-state index >= 15 is 0 Å². The van der Waals surface area contributed by atoms with Crippen molar-refractivity contribution in [1.29, 1.82) is 0 Å². The highest BCUT2D eigenvalue weighted by Gasteiger charge is 2.55. The van der Waals surface area contributed by atoms with Gasteiger partial charge in [-0.3, -0.25) is 14.5 Å². The average molecular weight is 389 g/mol. The van der Waals surface area contributed by atoms with Crippen LogP contribution in [-0.2, 0) is 9.59 Å². The summed E-state index contributed by atoms with van der Waals surface area (Å²) in [5, 5.41) is 2.72. The lowest BCUT2D eigenvalue weighted by Gasteiger charge is -2.37. The number of amides is 4. The summed E-state index contributed by atoms with van der Waals surface area (Å²) in [5.41, 5.74) is -1.02. The van der Waals surface area contributed by atoms with Crippen molar-refractivity contribution in [3.05, 3.63) is 0 Å². The number of halogens is 3. The summed E-state index contributed by atoms with van der Waals surface area (Å²) >= 11 is 0. The zero-order valence-corrected chi connectivity index (χ0v) is 15.6. The van der Waals surface area contributed by atoms with Gasteiger partial charge in [-0.1, -0.05) is 19.8 Å². The minimum absolute atomic E-state index is 0.0455. The van der Waals surface area contributed by atoms with Crippen molar-refractivity contribution in [2.45, 2.75) is 70.1 Å². The Morgan fingerprint density at radius 1 is 1.30 bits per heavy atom. The number of nitrogens with one attached hydrogen (secondary N) is 1. The van der Waals surface area contributed by atoms with Crippen LogP contribution in [-0.4, -0.2) is 58.5 Å². The van der Waals surface area contributed by atoms with Crippen LogP contribution >= 0.6 is 0 Å². The van der Waals surface area contributed by atoms with Crippen molar-refractivity contribution in [3.63, 3.8) is 0 Å². The second kappa shape index (κ2) is 6.98. The Labute approximate surface area is 156 Å². The maximum Gasteiger partial charge on any atom is 0.406 e. The number of imide groups is 1. The lowest BCUT2D eigenvalue weighted by atomic mass is 9.73. The van der Waals surface area contributed by atoms with Crippen molar-refractivity contribution in [1.82, 2.24) is 15.1 Å². The first-order valence-electron chi connectivity index (χ1n) is 9.55. The normalized spacial score (nSPS) is 29.8. The molecule has 4 amide bonds. The molecule has 152 valence electrons. The highest BCUT2D eigenvalue weighted by molar-refractivity contribution is 6.09. The predicted molar refractivity (Wildman–Crippen MR) is 90.6 cm³/mol. The maximum atomic E-state index is 13.0. The van der Waals surface area contributed by atoms with Crippen LogP contribution in [0.2, 0.25) is 0 Å². The van der Waals surface area contributed by atoms with Gasteiger partial charge in [0.15, 0.2) is 0 Å². The molecule has 0 aromatic rings. The molecule has 3 fully saturated rings. The molecule has 3 atom stereocenters. The molecule has 1 saturated heterocycles. The first kappa shape index (κ1) is 19.9. The number of hydrogen-bond donors (Lipinski definition) is 1. The van der Waals surface area contributed by atoms with E-state index in [1.807, 2.05) is 6.92 Å². The zero-order chi connectivity index (χ0) is 20.0. The fourth-order valence-electron chi connectivity index (χ4n) is 4.35. The number of rotatable bonds is 5. The molecule has 9 heteroatoms. The third kappa shape index (κ3) is 3.91. The van der Waals surface area contributed by atoms with Crippen LogP contribution in [0.1, 0.15) is 52.4 Å². The highest BCUT2D eigenvalue weighted by atomic mass is 19.4. The van der Waals surface area contributed by atoms with Gasteiger partial charge in [0.2, 0.25) is 5.91 Å². The predicted octanol–water partition coefficient (Wildman–Crippen LogP) is 2.68. The third-order valence-corrected chi connectivity index (χ3v) is 6.26. The Hall–Kier alpha value is -1.80. The molecule has 27 heavy (non-hydrogen) atoms. The summed E-state index contributed by atoms with van der Waals surface area (Å²) in [6.45, 7) is 1.46. The highest BCUT2D eigenvalue weighted by Crippen LogP contribution is 2.39. The summed E-state index contributed by atoms with van der Waals surface area (Å²) in [7, 11) is 0. The Kier molecular flexibility index (Phi) is 5.16. The molecule has 0 radical (unpaired) electrons. The Morgan fingerprint density at radius 3 is 2.52 bits per heavy atom. The van der Waals surface area contributed by atoms with E-state index in [2.05, 4.69) is 5.32 Å². The molecule has 0 aromatic carbocycles.